The third-order valence-electron chi connectivity index (χ3n) is 7.82. The highest BCUT2D eigenvalue weighted by atomic mass is 19.4. The summed E-state index contributed by atoms with van der Waals surface area (Å²) < 4.78 is 61.8. The zero-order valence-corrected chi connectivity index (χ0v) is 22.0. The lowest BCUT2D eigenvalue weighted by Gasteiger charge is -2.35. The van der Waals surface area contributed by atoms with Crippen LogP contribution in [0.2, 0.25) is 0 Å². The molecule has 210 valence electrons. The fraction of sp³-hybridized carbons (Fsp3) is 0.593. The van der Waals surface area contributed by atoms with Crippen molar-refractivity contribution in [2.75, 3.05) is 56.2 Å². The number of halogens is 4. The van der Waals surface area contributed by atoms with Gasteiger partial charge in [-0.25, -0.2) is 4.39 Å². The van der Waals surface area contributed by atoms with Crippen molar-refractivity contribution in [1.29, 1.82) is 5.26 Å². The first-order chi connectivity index (χ1) is 18.7. The highest BCUT2D eigenvalue weighted by molar-refractivity contribution is 5.58. The fourth-order valence-electron chi connectivity index (χ4n) is 5.75. The van der Waals surface area contributed by atoms with Gasteiger partial charge < -0.3 is 24.8 Å². The first-order valence-corrected chi connectivity index (χ1v) is 13.4. The van der Waals surface area contributed by atoms with E-state index < -0.39 is 17.6 Å². The van der Waals surface area contributed by atoms with Crippen LogP contribution in [0.5, 0.6) is 6.01 Å². The van der Waals surface area contributed by atoms with E-state index in [-0.39, 0.29) is 30.3 Å². The highest BCUT2D eigenvalue weighted by Gasteiger charge is 2.36. The number of ether oxygens (including phenoxy) is 1. The number of benzene rings is 1. The molecule has 1 aromatic carbocycles. The molecule has 1 aromatic heterocycles. The number of likely N-dealkylation sites (tertiary alicyclic amines) is 1. The molecule has 2 atom stereocenters. The summed E-state index contributed by atoms with van der Waals surface area (Å²) in [5.74, 6) is -0.0174. The van der Waals surface area contributed by atoms with Crippen LogP contribution in [0.15, 0.2) is 18.2 Å². The Bertz CT molecular complexity index is 1220. The molecule has 3 aliphatic heterocycles. The van der Waals surface area contributed by atoms with E-state index in [1.807, 2.05) is 0 Å². The molecule has 12 heteroatoms. The summed E-state index contributed by atoms with van der Waals surface area (Å²) in [6.45, 7) is 3.72. The van der Waals surface area contributed by atoms with Gasteiger partial charge in [0.1, 0.15) is 18.2 Å². The Balaban J connectivity index is 1.50. The molecule has 1 unspecified atom stereocenters. The van der Waals surface area contributed by atoms with Crippen LogP contribution in [0, 0.1) is 17.1 Å². The molecular formula is C27H33F4N7O. The number of hydrogen-bond donors (Lipinski definition) is 1. The van der Waals surface area contributed by atoms with E-state index in [2.05, 4.69) is 28.2 Å². The van der Waals surface area contributed by atoms with Crippen molar-refractivity contribution in [1.82, 2.24) is 20.2 Å². The van der Waals surface area contributed by atoms with Crippen LogP contribution in [0.1, 0.15) is 42.5 Å². The molecule has 4 heterocycles. The van der Waals surface area contributed by atoms with Crippen molar-refractivity contribution in [2.45, 2.75) is 56.9 Å². The average molecular weight is 548 g/mol. The summed E-state index contributed by atoms with van der Waals surface area (Å²) in [5, 5.41) is 12.6. The Morgan fingerprint density at radius 1 is 1.15 bits per heavy atom. The molecule has 3 aliphatic rings. The Morgan fingerprint density at radius 2 is 2.00 bits per heavy atom. The van der Waals surface area contributed by atoms with Crippen LogP contribution in [-0.4, -0.2) is 73.3 Å². The lowest BCUT2D eigenvalue weighted by atomic mass is 10.1. The Morgan fingerprint density at radius 3 is 2.74 bits per heavy atom. The number of anilines is 2. The van der Waals surface area contributed by atoms with Gasteiger partial charge in [-0.3, -0.25) is 0 Å². The number of rotatable bonds is 6. The third-order valence-corrected chi connectivity index (χ3v) is 7.82. The molecular weight excluding hydrogens is 514 g/mol. The van der Waals surface area contributed by atoms with Crippen LogP contribution in [-0.2, 0) is 19.1 Å². The average Bonchev–Trinajstić information content (AvgIpc) is 3.18. The number of nitrogens with one attached hydrogen (secondary N) is 1. The molecule has 0 aliphatic carbocycles. The fourth-order valence-corrected chi connectivity index (χ4v) is 5.75. The first kappa shape index (κ1) is 27.4. The van der Waals surface area contributed by atoms with Gasteiger partial charge in [-0.15, -0.1) is 0 Å². The minimum absolute atomic E-state index is 0.0187. The normalized spacial score (nSPS) is 22.4. The van der Waals surface area contributed by atoms with E-state index in [9.17, 15) is 22.8 Å². The molecule has 2 fully saturated rings. The minimum atomic E-state index is -4.62. The number of hydrogen-bond acceptors (Lipinski definition) is 8. The number of fused-ring (bicyclic) bond motifs is 1. The molecule has 2 aromatic rings. The van der Waals surface area contributed by atoms with E-state index in [1.54, 1.807) is 4.90 Å². The Kier molecular flexibility index (Phi) is 8.09. The van der Waals surface area contributed by atoms with Crippen LogP contribution in [0.3, 0.4) is 0 Å². The molecule has 0 radical (unpaired) electrons. The number of aromatic nitrogens is 2. The predicted molar refractivity (Wildman–Crippen MR) is 138 cm³/mol. The quantitative estimate of drug-likeness (QED) is 0.548. The van der Waals surface area contributed by atoms with Crippen LogP contribution >= 0.6 is 0 Å². The lowest BCUT2D eigenvalue weighted by Crippen LogP contribution is -2.51. The summed E-state index contributed by atoms with van der Waals surface area (Å²) >= 11 is 0. The summed E-state index contributed by atoms with van der Waals surface area (Å²) in [5.41, 5.74) is 0.385. The van der Waals surface area contributed by atoms with Gasteiger partial charge in [0.05, 0.1) is 36.0 Å². The van der Waals surface area contributed by atoms with Crippen molar-refractivity contribution < 1.29 is 22.3 Å². The van der Waals surface area contributed by atoms with Crippen LogP contribution < -0.4 is 19.9 Å². The summed E-state index contributed by atoms with van der Waals surface area (Å²) in [6.07, 6.45) is -1.04. The molecule has 8 nitrogen and oxygen atoms in total. The van der Waals surface area contributed by atoms with Crippen LogP contribution in [0.25, 0.3) is 0 Å². The highest BCUT2D eigenvalue weighted by Crippen LogP contribution is 2.39. The van der Waals surface area contributed by atoms with Gasteiger partial charge in [0.25, 0.3) is 0 Å². The number of nitriles is 1. The van der Waals surface area contributed by atoms with E-state index >= 15 is 0 Å². The van der Waals surface area contributed by atoms with E-state index in [0.29, 0.717) is 63.6 Å². The van der Waals surface area contributed by atoms with Crippen molar-refractivity contribution in [3.8, 4) is 12.1 Å². The second kappa shape index (κ2) is 11.5. The van der Waals surface area contributed by atoms with Gasteiger partial charge in [-0.1, -0.05) is 0 Å². The van der Waals surface area contributed by atoms with Crippen molar-refractivity contribution in [3.63, 3.8) is 0 Å². The van der Waals surface area contributed by atoms with Gasteiger partial charge >= 0.3 is 12.2 Å². The Labute approximate surface area is 225 Å². The third kappa shape index (κ3) is 6.20. The molecule has 0 spiro atoms. The predicted octanol–water partition coefficient (Wildman–Crippen LogP) is 3.75. The van der Waals surface area contributed by atoms with Gasteiger partial charge in [0.2, 0.25) is 0 Å². The summed E-state index contributed by atoms with van der Waals surface area (Å²) in [7, 11) is 2.05. The molecule has 5 rings (SSSR count). The SMILES string of the molecule is CN1CCC[C@H]1COc1nc2c(c(N3CCNC(CC#N)C3)n1)CCCN(c1cc(F)ccc1C(F)(F)F)C2. The maximum absolute atomic E-state index is 14.2. The second-order valence-corrected chi connectivity index (χ2v) is 10.5. The lowest BCUT2D eigenvalue weighted by molar-refractivity contribution is -0.137. The van der Waals surface area contributed by atoms with Crippen molar-refractivity contribution in [2.24, 2.45) is 0 Å². The van der Waals surface area contributed by atoms with E-state index in [1.165, 1.54) is 0 Å². The monoisotopic (exact) mass is 547 g/mol. The van der Waals surface area contributed by atoms with E-state index in [0.717, 1.165) is 43.1 Å². The standard InChI is InChI=1S/C27H33F4N7O/c1-36-11-2-4-20(36)17-39-26-34-23-16-37(24-14-18(28)6-7-22(24)27(29,30)31)12-3-5-21(23)25(35-26)38-13-10-33-19(15-38)8-9-32/h6-7,14,19-20,33H,2-5,8,10-13,15-17H2,1H3/t19?,20-/m0/s1. The maximum Gasteiger partial charge on any atom is 0.418 e. The summed E-state index contributed by atoms with van der Waals surface area (Å²) in [6, 6.07) is 5.22. The summed E-state index contributed by atoms with van der Waals surface area (Å²) in [4.78, 5) is 15.4. The number of nitrogens with zero attached hydrogens (tertiary/aromatic N) is 6. The number of piperazine rings is 1. The van der Waals surface area contributed by atoms with Crippen molar-refractivity contribution >= 4 is 11.5 Å². The molecule has 1 N–H and O–H groups in total. The molecule has 0 amide bonds. The van der Waals surface area contributed by atoms with Crippen molar-refractivity contribution in [3.05, 3.63) is 40.8 Å². The first-order valence-electron chi connectivity index (χ1n) is 13.4. The van der Waals surface area contributed by atoms with Gasteiger partial charge in [-0.05, 0) is 57.5 Å². The van der Waals surface area contributed by atoms with Gasteiger partial charge in [0.15, 0.2) is 0 Å². The number of likely N-dealkylation sites (N-methyl/N-ethyl adjacent to an activating group) is 1. The second-order valence-electron chi connectivity index (χ2n) is 10.5. The zero-order chi connectivity index (χ0) is 27.6. The molecule has 39 heavy (non-hydrogen) atoms. The largest absolute Gasteiger partial charge is 0.462 e. The van der Waals surface area contributed by atoms with Gasteiger partial charge in [-0.2, -0.15) is 28.4 Å². The number of alkyl halides is 3. The maximum atomic E-state index is 14.2. The molecule has 2 saturated heterocycles. The smallest absolute Gasteiger partial charge is 0.418 e. The van der Waals surface area contributed by atoms with E-state index in [4.69, 9.17) is 14.7 Å². The molecule has 0 saturated carbocycles. The van der Waals surface area contributed by atoms with Crippen LogP contribution in [0.4, 0.5) is 29.1 Å². The minimum Gasteiger partial charge on any atom is -0.462 e. The molecule has 0 bridgehead atoms. The zero-order valence-electron chi connectivity index (χ0n) is 22.0. The Hall–Kier alpha value is -3.17. The topological polar surface area (TPSA) is 80.5 Å². The van der Waals surface area contributed by atoms with Gasteiger partial charge in [0, 0.05) is 43.8 Å².